The van der Waals surface area contributed by atoms with Gasteiger partial charge in [0, 0.05) is 10.5 Å². The Bertz CT molecular complexity index is 584. The number of nitro groups is 1. The molecule has 0 saturated carbocycles. The van der Waals surface area contributed by atoms with Crippen LogP contribution in [0.25, 0.3) is 11.1 Å². The summed E-state index contributed by atoms with van der Waals surface area (Å²) in [6, 6.07) is 12.7. The van der Waals surface area contributed by atoms with Gasteiger partial charge < -0.3 is 0 Å². The van der Waals surface area contributed by atoms with Crippen molar-refractivity contribution in [1.29, 1.82) is 0 Å². The van der Waals surface area contributed by atoms with Crippen molar-refractivity contribution in [1.82, 2.24) is 0 Å². The lowest BCUT2D eigenvalue weighted by Gasteiger charge is -2.03. The molecule has 0 aliphatic carbocycles. The summed E-state index contributed by atoms with van der Waals surface area (Å²) in [5, 5.41) is 10.8. The highest BCUT2D eigenvalue weighted by atomic mass is 79.9. The second-order valence-corrected chi connectivity index (χ2v) is 5.20. The van der Waals surface area contributed by atoms with Crippen molar-refractivity contribution in [3.63, 3.8) is 0 Å². The molecule has 0 spiro atoms. The van der Waals surface area contributed by atoms with Gasteiger partial charge >= 0.3 is 0 Å². The van der Waals surface area contributed by atoms with Crippen molar-refractivity contribution in [2.24, 2.45) is 0 Å². The summed E-state index contributed by atoms with van der Waals surface area (Å²) >= 11 is 6.55. The van der Waals surface area contributed by atoms with Crippen LogP contribution in [-0.2, 0) is 0 Å². The summed E-state index contributed by atoms with van der Waals surface area (Å²) in [4.78, 5) is 10.4. The van der Waals surface area contributed by atoms with Crippen molar-refractivity contribution in [3.8, 4) is 11.1 Å². The van der Waals surface area contributed by atoms with Gasteiger partial charge in [-0.25, -0.2) is 0 Å². The van der Waals surface area contributed by atoms with Gasteiger partial charge in [-0.15, -0.1) is 0 Å². The molecule has 0 heterocycles. The van der Waals surface area contributed by atoms with E-state index in [1.165, 1.54) is 0 Å². The summed E-state index contributed by atoms with van der Waals surface area (Å²) in [6.45, 7) is 0. The monoisotopic (exact) mass is 355 g/mol. The third-order valence-electron chi connectivity index (χ3n) is 2.30. The first-order valence-corrected chi connectivity index (χ1v) is 6.36. The number of nitrogens with zero attached hydrogens (tertiary/aromatic N) is 1. The lowest BCUT2D eigenvalue weighted by Crippen LogP contribution is -1.90. The Morgan fingerprint density at radius 3 is 2.35 bits per heavy atom. The van der Waals surface area contributed by atoms with E-state index >= 15 is 0 Å². The van der Waals surface area contributed by atoms with E-state index in [-0.39, 0.29) is 5.69 Å². The minimum atomic E-state index is -0.397. The summed E-state index contributed by atoms with van der Waals surface area (Å²) in [5.74, 6) is 0. The van der Waals surface area contributed by atoms with Crippen LogP contribution in [-0.4, -0.2) is 4.92 Å². The molecular formula is C12H7Br2NO2. The molecule has 0 saturated heterocycles. The quantitative estimate of drug-likeness (QED) is 0.573. The van der Waals surface area contributed by atoms with Gasteiger partial charge in [0.1, 0.15) is 0 Å². The Morgan fingerprint density at radius 2 is 1.71 bits per heavy atom. The second kappa shape index (κ2) is 4.98. The van der Waals surface area contributed by atoms with E-state index in [9.17, 15) is 10.1 Å². The third-order valence-corrected chi connectivity index (χ3v) is 3.46. The Kier molecular flexibility index (Phi) is 3.59. The number of nitro benzene ring substituents is 1. The smallest absolute Gasteiger partial charge is 0.258 e. The topological polar surface area (TPSA) is 43.1 Å². The zero-order valence-corrected chi connectivity index (χ0v) is 11.7. The Morgan fingerprint density at radius 1 is 1.00 bits per heavy atom. The molecule has 0 aromatic heterocycles. The van der Waals surface area contributed by atoms with E-state index < -0.39 is 4.92 Å². The minimum Gasteiger partial charge on any atom is -0.258 e. The summed E-state index contributed by atoms with van der Waals surface area (Å²) in [7, 11) is 0. The van der Waals surface area contributed by atoms with Crippen molar-refractivity contribution in [3.05, 3.63) is 61.5 Å². The van der Waals surface area contributed by atoms with Crippen LogP contribution >= 0.6 is 31.9 Å². The summed E-state index contributed by atoms with van der Waals surface area (Å²) < 4.78 is 1.43. The number of hydrogen-bond donors (Lipinski definition) is 0. The molecule has 2 rings (SSSR count). The first-order valence-electron chi connectivity index (χ1n) is 4.78. The van der Waals surface area contributed by atoms with Crippen LogP contribution in [0, 0.1) is 10.1 Å². The molecule has 2 aromatic carbocycles. The van der Waals surface area contributed by atoms with E-state index in [0.717, 1.165) is 15.6 Å². The van der Waals surface area contributed by atoms with Gasteiger partial charge in [0.15, 0.2) is 0 Å². The van der Waals surface area contributed by atoms with Gasteiger partial charge in [-0.05, 0) is 45.3 Å². The number of rotatable bonds is 2. The highest BCUT2D eigenvalue weighted by Crippen LogP contribution is 2.31. The lowest BCUT2D eigenvalue weighted by molar-refractivity contribution is -0.385. The van der Waals surface area contributed by atoms with Crippen LogP contribution in [0.2, 0.25) is 0 Å². The Hall–Kier alpha value is -1.20. The molecule has 0 fully saturated rings. The molecule has 0 amide bonds. The van der Waals surface area contributed by atoms with Crippen LogP contribution in [0.3, 0.4) is 0 Å². The normalized spacial score (nSPS) is 10.2. The number of hydrogen-bond acceptors (Lipinski definition) is 2. The van der Waals surface area contributed by atoms with Gasteiger partial charge in [0.05, 0.1) is 9.40 Å². The molecule has 3 nitrogen and oxygen atoms in total. The standard InChI is InChI=1S/C12H7Br2NO2/c13-10-3-1-2-8(6-10)9-4-5-11(14)12(7-9)15(16)17/h1-7H. The van der Waals surface area contributed by atoms with Crippen LogP contribution < -0.4 is 0 Å². The van der Waals surface area contributed by atoms with E-state index in [2.05, 4.69) is 31.9 Å². The summed E-state index contributed by atoms with van der Waals surface area (Å²) in [5.41, 5.74) is 1.83. The molecule has 0 aliphatic rings. The van der Waals surface area contributed by atoms with Gasteiger partial charge in [0.25, 0.3) is 5.69 Å². The van der Waals surface area contributed by atoms with E-state index in [0.29, 0.717) is 4.47 Å². The molecule has 0 aliphatic heterocycles. The van der Waals surface area contributed by atoms with Crippen molar-refractivity contribution < 1.29 is 4.92 Å². The van der Waals surface area contributed by atoms with Crippen LogP contribution in [0.1, 0.15) is 0 Å². The van der Waals surface area contributed by atoms with Crippen LogP contribution in [0.15, 0.2) is 51.4 Å². The maximum Gasteiger partial charge on any atom is 0.284 e. The second-order valence-electron chi connectivity index (χ2n) is 3.43. The molecular weight excluding hydrogens is 350 g/mol. The molecule has 0 radical (unpaired) electrons. The van der Waals surface area contributed by atoms with Crippen molar-refractivity contribution >= 4 is 37.5 Å². The van der Waals surface area contributed by atoms with Crippen molar-refractivity contribution in [2.75, 3.05) is 0 Å². The molecule has 2 aromatic rings. The predicted molar refractivity (Wildman–Crippen MR) is 73.9 cm³/mol. The molecule has 86 valence electrons. The van der Waals surface area contributed by atoms with Crippen LogP contribution in [0.4, 0.5) is 5.69 Å². The zero-order valence-electron chi connectivity index (χ0n) is 8.56. The fourth-order valence-electron chi connectivity index (χ4n) is 1.50. The SMILES string of the molecule is O=[N+]([O-])c1cc(-c2cccc(Br)c2)ccc1Br. The maximum absolute atomic E-state index is 10.8. The fraction of sp³-hybridized carbons (Fsp3) is 0. The van der Waals surface area contributed by atoms with Gasteiger partial charge in [-0.2, -0.15) is 0 Å². The first-order chi connectivity index (χ1) is 8.08. The zero-order chi connectivity index (χ0) is 12.4. The van der Waals surface area contributed by atoms with E-state index in [1.807, 2.05) is 30.3 Å². The first kappa shape index (κ1) is 12.3. The molecule has 5 heteroatoms. The molecule has 17 heavy (non-hydrogen) atoms. The van der Waals surface area contributed by atoms with E-state index in [4.69, 9.17) is 0 Å². The minimum absolute atomic E-state index is 0.0717. The van der Waals surface area contributed by atoms with Crippen LogP contribution in [0.5, 0.6) is 0 Å². The van der Waals surface area contributed by atoms with Gasteiger partial charge in [-0.3, -0.25) is 10.1 Å². The van der Waals surface area contributed by atoms with Crippen molar-refractivity contribution in [2.45, 2.75) is 0 Å². The van der Waals surface area contributed by atoms with E-state index in [1.54, 1.807) is 12.1 Å². The highest BCUT2D eigenvalue weighted by Gasteiger charge is 2.12. The fourth-order valence-corrected chi connectivity index (χ4v) is 2.29. The van der Waals surface area contributed by atoms with Gasteiger partial charge in [0.2, 0.25) is 0 Å². The molecule has 0 bridgehead atoms. The molecule has 0 N–H and O–H groups in total. The molecule has 0 unspecified atom stereocenters. The Balaban J connectivity index is 2.54. The third kappa shape index (κ3) is 2.73. The average molecular weight is 357 g/mol. The highest BCUT2D eigenvalue weighted by molar-refractivity contribution is 9.10. The maximum atomic E-state index is 10.8. The average Bonchev–Trinajstić information content (AvgIpc) is 2.29. The molecule has 0 atom stereocenters. The Labute approximate surface area is 115 Å². The lowest BCUT2D eigenvalue weighted by atomic mass is 10.1. The number of benzene rings is 2. The van der Waals surface area contributed by atoms with Gasteiger partial charge in [-0.1, -0.05) is 34.1 Å². The summed E-state index contributed by atoms with van der Waals surface area (Å²) in [6.07, 6.45) is 0. The predicted octanol–water partition coefficient (Wildman–Crippen LogP) is 4.79. The largest absolute Gasteiger partial charge is 0.284 e. The number of halogens is 2.